The van der Waals surface area contributed by atoms with E-state index in [2.05, 4.69) is 27.2 Å². The Morgan fingerprint density at radius 2 is 2.00 bits per heavy atom. The second-order valence-electron chi connectivity index (χ2n) is 10.2. The molecule has 40 heavy (non-hydrogen) atoms. The number of thiazole rings is 1. The second kappa shape index (κ2) is 10.9. The van der Waals surface area contributed by atoms with E-state index >= 15 is 0 Å². The summed E-state index contributed by atoms with van der Waals surface area (Å²) in [6.07, 6.45) is 5.49. The van der Waals surface area contributed by atoms with Crippen molar-refractivity contribution in [1.82, 2.24) is 29.5 Å². The van der Waals surface area contributed by atoms with E-state index in [1.807, 2.05) is 54.0 Å². The van der Waals surface area contributed by atoms with Gasteiger partial charge in [0.05, 0.1) is 34.8 Å². The number of rotatable bonds is 4. The summed E-state index contributed by atoms with van der Waals surface area (Å²) in [5.74, 6) is 0.0618. The van der Waals surface area contributed by atoms with Gasteiger partial charge in [0.15, 0.2) is 5.13 Å². The Balaban J connectivity index is 1.42. The zero-order valence-electron chi connectivity index (χ0n) is 22.8. The number of carbonyl (C=O) groups is 2. The standard InChI is InChI=1S/C28H30BN7O3S/c1-34-11-4-12-35(14-13-34)26(37)17-6-9-22(20(29)15-17)36-24-19(23(33-36)18-5-3-10-30-16-18)7-8-21-25(24)40-27(31-21)32-28(38)39-2/h3,5-6,9-10,15-16H,4,7-8,11-14,29H2,1-2H3,(H,31,32,38). The molecule has 6 rings (SSSR count). The largest absolute Gasteiger partial charge is 0.453 e. The van der Waals surface area contributed by atoms with E-state index in [4.69, 9.17) is 9.84 Å². The van der Waals surface area contributed by atoms with E-state index in [0.29, 0.717) is 10.7 Å². The molecule has 0 unspecified atom stereocenters. The number of fused-ring (bicyclic) bond motifs is 3. The fraction of sp³-hybridized carbons (Fsp3) is 0.321. The number of anilines is 1. The van der Waals surface area contributed by atoms with Crippen LogP contribution in [0.3, 0.4) is 0 Å². The van der Waals surface area contributed by atoms with E-state index in [1.165, 1.54) is 18.4 Å². The molecule has 1 aliphatic carbocycles. The minimum absolute atomic E-state index is 0.0618. The maximum Gasteiger partial charge on any atom is 0.413 e. The number of nitrogens with zero attached hydrogens (tertiary/aromatic N) is 6. The molecular formula is C28H30BN7O3S. The number of hydrogen-bond donors (Lipinski definition) is 1. The van der Waals surface area contributed by atoms with Gasteiger partial charge in [-0.3, -0.25) is 15.1 Å². The summed E-state index contributed by atoms with van der Waals surface area (Å²) in [4.78, 5) is 39.4. The Morgan fingerprint density at radius 1 is 1.12 bits per heavy atom. The molecule has 12 heteroatoms. The fourth-order valence-electron chi connectivity index (χ4n) is 5.43. The van der Waals surface area contributed by atoms with Crippen LogP contribution in [-0.2, 0) is 17.6 Å². The minimum Gasteiger partial charge on any atom is -0.453 e. The zero-order chi connectivity index (χ0) is 27.8. The van der Waals surface area contributed by atoms with Crippen molar-refractivity contribution in [1.29, 1.82) is 0 Å². The zero-order valence-corrected chi connectivity index (χ0v) is 23.6. The van der Waals surface area contributed by atoms with Crippen molar-refractivity contribution < 1.29 is 14.3 Å². The average molecular weight is 555 g/mol. The quantitative estimate of drug-likeness (QED) is 0.386. The molecule has 0 atom stereocenters. The SMILES string of the molecule is Bc1cc(C(=O)N2CCCN(C)CC2)ccc1-n1nc(-c2cccnc2)c2c1-c1sc(NC(=O)OC)nc1CC2. The highest BCUT2D eigenvalue weighted by molar-refractivity contribution is 7.19. The van der Waals surface area contributed by atoms with Crippen LogP contribution < -0.4 is 10.8 Å². The highest BCUT2D eigenvalue weighted by atomic mass is 32.1. The summed E-state index contributed by atoms with van der Waals surface area (Å²) in [6, 6.07) is 9.77. The summed E-state index contributed by atoms with van der Waals surface area (Å²) in [5.41, 5.74) is 7.32. The van der Waals surface area contributed by atoms with Crippen molar-refractivity contribution in [3.8, 4) is 27.5 Å². The number of benzene rings is 1. The van der Waals surface area contributed by atoms with E-state index in [0.717, 1.165) is 89.7 Å². The molecule has 4 aromatic rings. The third kappa shape index (κ3) is 4.88. The molecule has 0 spiro atoms. The third-order valence-electron chi connectivity index (χ3n) is 7.52. The normalized spacial score (nSPS) is 15.2. The van der Waals surface area contributed by atoms with Crippen LogP contribution in [0.2, 0.25) is 0 Å². The Morgan fingerprint density at radius 3 is 2.77 bits per heavy atom. The first kappa shape index (κ1) is 26.2. The van der Waals surface area contributed by atoms with Gasteiger partial charge in [-0.1, -0.05) is 22.9 Å². The number of aromatic nitrogens is 4. The number of nitrogens with one attached hydrogen (secondary N) is 1. The van der Waals surface area contributed by atoms with Crippen LogP contribution in [0.5, 0.6) is 0 Å². The number of likely N-dealkylation sites (N-methyl/N-ethyl adjacent to an activating group) is 1. The fourth-order valence-corrected chi connectivity index (χ4v) is 6.48. The van der Waals surface area contributed by atoms with Gasteiger partial charge in [0.1, 0.15) is 7.85 Å². The molecule has 1 aliphatic heterocycles. The van der Waals surface area contributed by atoms with Gasteiger partial charge in [-0.2, -0.15) is 5.10 Å². The van der Waals surface area contributed by atoms with Gasteiger partial charge in [-0.05, 0) is 57.1 Å². The van der Waals surface area contributed by atoms with Gasteiger partial charge in [0.2, 0.25) is 0 Å². The molecule has 1 aromatic carbocycles. The smallest absolute Gasteiger partial charge is 0.413 e. The predicted octanol–water partition coefficient (Wildman–Crippen LogP) is 2.37. The number of amides is 2. The number of ether oxygens (including phenoxy) is 1. The van der Waals surface area contributed by atoms with E-state index in [1.54, 1.807) is 6.20 Å². The lowest BCUT2D eigenvalue weighted by molar-refractivity contribution is 0.0763. The maximum absolute atomic E-state index is 13.4. The highest BCUT2D eigenvalue weighted by Gasteiger charge is 2.31. The lowest BCUT2D eigenvalue weighted by Gasteiger charge is -2.21. The molecule has 2 aliphatic rings. The first-order valence-corrected chi connectivity index (χ1v) is 14.2. The summed E-state index contributed by atoms with van der Waals surface area (Å²) in [7, 11) is 5.44. The maximum atomic E-state index is 13.4. The number of pyridine rings is 1. The molecule has 4 heterocycles. The molecule has 1 fully saturated rings. The Kier molecular flexibility index (Phi) is 7.12. The van der Waals surface area contributed by atoms with Crippen LogP contribution in [0.1, 0.15) is 28.0 Å². The molecule has 10 nitrogen and oxygen atoms in total. The Bertz CT molecular complexity index is 1590. The molecule has 204 valence electrons. The van der Waals surface area contributed by atoms with Crippen molar-refractivity contribution in [3.63, 3.8) is 0 Å². The summed E-state index contributed by atoms with van der Waals surface area (Å²) in [6.45, 7) is 3.37. The summed E-state index contributed by atoms with van der Waals surface area (Å²) >= 11 is 1.41. The minimum atomic E-state index is -0.553. The van der Waals surface area contributed by atoms with Crippen molar-refractivity contribution in [2.45, 2.75) is 19.3 Å². The lowest BCUT2D eigenvalue weighted by Crippen LogP contribution is -2.35. The van der Waals surface area contributed by atoms with Gasteiger partial charge >= 0.3 is 6.09 Å². The van der Waals surface area contributed by atoms with E-state index < -0.39 is 6.09 Å². The van der Waals surface area contributed by atoms with Crippen molar-refractivity contribution >= 4 is 41.8 Å². The van der Waals surface area contributed by atoms with E-state index in [9.17, 15) is 9.59 Å². The summed E-state index contributed by atoms with van der Waals surface area (Å²) < 4.78 is 6.73. The molecular weight excluding hydrogens is 525 g/mol. The van der Waals surface area contributed by atoms with Crippen molar-refractivity contribution in [2.75, 3.05) is 45.7 Å². The van der Waals surface area contributed by atoms with Crippen LogP contribution in [0, 0.1) is 0 Å². The van der Waals surface area contributed by atoms with Gasteiger partial charge in [0, 0.05) is 48.7 Å². The van der Waals surface area contributed by atoms with E-state index in [-0.39, 0.29) is 5.91 Å². The van der Waals surface area contributed by atoms with Crippen LogP contribution in [0.4, 0.5) is 9.93 Å². The summed E-state index contributed by atoms with van der Waals surface area (Å²) in [5, 5.41) is 8.30. The van der Waals surface area contributed by atoms with Gasteiger partial charge in [-0.25, -0.2) is 14.5 Å². The third-order valence-corrected chi connectivity index (χ3v) is 8.54. The number of carbonyl (C=O) groups excluding carboxylic acids is 2. The molecule has 1 saturated heterocycles. The predicted molar refractivity (Wildman–Crippen MR) is 158 cm³/mol. The lowest BCUT2D eigenvalue weighted by atomic mass is 9.91. The first-order valence-electron chi connectivity index (χ1n) is 13.4. The Hall–Kier alpha value is -4.03. The van der Waals surface area contributed by atoms with Crippen molar-refractivity contribution in [2.24, 2.45) is 0 Å². The highest BCUT2D eigenvalue weighted by Crippen LogP contribution is 2.44. The number of methoxy groups -OCH3 is 1. The van der Waals surface area contributed by atoms with Gasteiger partial charge < -0.3 is 14.5 Å². The van der Waals surface area contributed by atoms with Crippen LogP contribution in [-0.4, -0.2) is 89.7 Å². The average Bonchev–Trinajstić information content (AvgIpc) is 3.48. The van der Waals surface area contributed by atoms with Gasteiger partial charge in [-0.15, -0.1) is 0 Å². The molecule has 1 N–H and O–H groups in total. The molecule has 0 radical (unpaired) electrons. The number of hydrogen-bond acceptors (Lipinski definition) is 8. The molecule has 2 amide bonds. The van der Waals surface area contributed by atoms with Gasteiger partial charge in [0.25, 0.3) is 5.91 Å². The monoisotopic (exact) mass is 555 g/mol. The van der Waals surface area contributed by atoms with Crippen LogP contribution in [0.25, 0.3) is 27.5 Å². The Labute approximate surface area is 237 Å². The number of aryl methyl sites for hydroxylation is 1. The second-order valence-corrected chi connectivity index (χ2v) is 11.2. The molecule has 3 aromatic heterocycles. The van der Waals surface area contributed by atoms with Crippen molar-refractivity contribution in [3.05, 3.63) is 59.5 Å². The first-order chi connectivity index (χ1) is 19.4. The molecule has 0 saturated carbocycles. The topological polar surface area (TPSA) is 105 Å². The molecule has 0 bridgehead atoms. The van der Waals surface area contributed by atoms with Crippen LogP contribution in [0.15, 0.2) is 42.7 Å². The van der Waals surface area contributed by atoms with Crippen LogP contribution >= 0.6 is 11.3 Å².